The highest BCUT2D eigenvalue weighted by molar-refractivity contribution is 7.90. The molecule has 1 unspecified atom stereocenters. The summed E-state index contributed by atoms with van der Waals surface area (Å²) in [6.07, 6.45) is 0.906. The van der Waals surface area contributed by atoms with E-state index < -0.39 is 15.9 Å². The van der Waals surface area contributed by atoms with Crippen molar-refractivity contribution in [2.75, 3.05) is 35.7 Å². The number of nitrogens with two attached hydrogens (primary N) is 1. The smallest absolute Gasteiger partial charge is 0.281 e. The highest BCUT2D eigenvalue weighted by atomic mass is 32.2. The van der Waals surface area contributed by atoms with Crippen LogP contribution in [0.5, 0.6) is 0 Å². The molecule has 10 nitrogen and oxygen atoms in total. The third kappa shape index (κ3) is 6.19. The van der Waals surface area contributed by atoms with Crippen LogP contribution >= 0.6 is 0 Å². The number of aryl methyl sites for hydroxylation is 1. The first kappa shape index (κ1) is 29.3. The summed E-state index contributed by atoms with van der Waals surface area (Å²) in [5.41, 5.74) is 7.86. The summed E-state index contributed by atoms with van der Waals surface area (Å²) in [4.78, 5) is 31.3. The first-order chi connectivity index (χ1) is 18.7. The van der Waals surface area contributed by atoms with Crippen molar-refractivity contribution in [1.82, 2.24) is 19.7 Å². The van der Waals surface area contributed by atoms with E-state index in [0.717, 1.165) is 30.0 Å². The zero-order valence-corrected chi connectivity index (χ0v) is 25.1. The second-order valence-corrected chi connectivity index (χ2v) is 13.3. The molecule has 40 heavy (non-hydrogen) atoms. The number of rotatable bonds is 8. The maximum absolute atomic E-state index is 13.5. The van der Waals surface area contributed by atoms with Crippen LogP contribution in [-0.4, -0.2) is 55.0 Å². The van der Waals surface area contributed by atoms with Gasteiger partial charge in [0.05, 0.1) is 11.3 Å². The van der Waals surface area contributed by atoms with E-state index in [1.807, 2.05) is 26.1 Å². The zero-order chi connectivity index (χ0) is 29.4. The zero-order valence-electron chi connectivity index (χ0n) is 24.3. The Hall–Kier alpha value is -3.73. The molecule has 1 aliphatic rings. The van der Waals surface area contributed by atoms with Crippen molar-refractivity contribution in [3.05, 3.63) is 53.7 Å². The van der Waals surface area contributed by atoms with Crippen molar-refractivity contribution >= 4 is 33.4 Å². The Kier molecular flexibility index (Phi) is 8.07. The number of pyridine rings is 3. The van der Waals surface area contributed by atoms with Gasteiger partial charge < -0.3 is 15.5 Å². The predicted octanol–water partition coefficient (Wildman–Crippen LogP) is 5.00. The molecule has 3 aromatic heterocycles. The van der Waals surface area contributed by atoms with E-state index in [-0.39, 0.29) is 26.2 Å². The van der Waals surface area contributed by atoms with Gasteiger partial charge in [-0.2, -0.15) is 8.42 Å². The molecule has 1 saturated heterocycles. The van der Waals surface area contributed by atoms with E-state index in [2.05, 4.69) is 54.1 Å². The van der Waals surface area contributed by atoms with Crippen molar-refractivity contribution in [2.45, 2.75) is 58.5 Å². The molecule has 0 bridgehead atoms. The molecule has 0 radical (unpaired) electrons. The van der Waals surface area contributed by atoms with Crippen LogP contribution in [0.15, 0.2) is 47.5 Å². The van der Waals surface area contributed by atoms with Gasteiger partial charge in [-0.25, -0.2) is 19.7 Å². The standard InChI is InChI=1S/C29H39N7O3S.3H2/c1-18(2)16-35(7)25-14-12-21(20(4)31-25)23-13-11-22(27(32-23)36-17-19(3)15-29(36,5)6)28(37)34-40(38,39)26-10-8-9-24(30)33-26;;;/h8-14,18-19H,15-17H2,1-7H3,(H2,30,33)(H,34,37);3*1H. The summed E-state index contributed by atoms with van der Waals surface area (Å²) < 4.78 is 28.1. The van der Waals surface area contributed by atoms with E-state index in [0.29, 0.717) is 29.9 Å². The van der Waals surface area contributed by atoms with Crippen LogP contribution in [0.1, 0.15) is 61.4 Å². The van der Waals surface area contributed by atoms with Gasteiger partial charge >= 0.3 is 0 Å². The molecule has 4 rings (SSSR count). The van der Waals surface area contributed by atoms with Crippen LogP contribution in [0.3, 0.4) is 0 Å². The summed E-state index contributed by atoms with van der Waals surface area (Å²) in [7, 11) is -2.23. The van der Waals surface area contributed by atoms with Crippen molar-refractivity contribution in [3.63, 3.8) is 0 Å². The van der Waals surface area contributed by atoms with Gasteiger partial charge in [-0.3, -0.25) is 4.79 Å². The van der Waals surface area contributed by atoms with Crippen LogP contribution in [0.4, 0.5) is 17.5 Å². The van der Waals surface area contributed by atoms with E-state index in [1.54, 1.807) is 12.1 Å². The average molecular weight is 572 g/mol. The van der Waals surface area contributed by atoms with Crippen LogP contribution < -0.4 is 20.3 Å². The monoisotopic (exact) mass is 571 g/mol. The maximum atomic E-state index is 13.5. The number of nitrogens with zero attached hydrogens (tertiary/aromatic N) is 5. The molecule has 1 fully saturated rings. The van der Waals surface area contributed by atoms with Crippen LogP contribution in [-0.2, 0) is 10.0 Å². The largest absolute Gasteiger partial charge is 0.384 e. The molecule has 11 heteroatoms. The quantitative estimate of drug-likeness (QED) is 0.383. The van der Waals surface area contributed by atoms with Crippen LogP contribution in [0, 0.1) is 18.8 Å². The Bertz CT molecular complexity index is 1540. The topological polar surface area (TPSA) is 134 Å². The number of carbonyl (C=O) groups is 1. The number of amides is 1. The van der Waals surface area contributed by atoms with Crippen molar-refractivity contribution in [3.8, 4) is 11.3 Å². The molecule has 220 valence electrons. The fraction of sp³-hybridized carbons (Fsp3) is 0.448. The molecule has 1 aliphatic heterocycles. The van der Waals surface area contributed by atoms with Crippen molar-refractivity contribution in [1.29, 1.82) is 0 Å². The van der Waals surface area contributed by atoms with Gasteiger partial charge in [-0.1, -0.05) is 26.8 Å². The number of nitrogen functional groups attached to an aromatic ring is 1. The molecule has 4 heterocycles. The Balaban J connectivity index is 0.00000308. The summed E-state index contributed by atoms with van der Waals surface area (Å²) in [5.74, 6) is 1.44. The Morgan fingerprint density at radius 1 is 1.18 bits per heavy atom. The van der Waals surface area contributed by atoms with Crippen molar-refractivity contribution in [2.24, 2.45) is 11.8 Å². The highest BCUT2D eigenvalue weighted by Crippen LogP contribution is 2.38. The lowest BCUT2D eigenvalue weighted by atomic mass is 9.97. The van der Waals surface area contributed by atoms with E-state index in [4.69, 9.17) is 15.7 Å². The number of hydrogen-bond acceptors (Lipinski definition) is 9. The highest BCUT2D eigenvalue weighted by Gasteiger charge is 2.39. The van der Waals surface area contributed by atoms with Gasteiger partial charge in [0.25, 0.3) is 15.9 Å². The first-order valence-electron chi connectivity index (χ1n) is 13.5. The fourth-order valence-corrected chi connectivity index (χ4v) is 6.36. The minimum absolute atomic E-state index is 0. The maximum Gasteiger partial charge on any atom is 0.281 e. The minimum atomic E-state index is -4.25. The Morgan fingerprint density at radius 3 is 2.50 bits per heavy atom. The fourth-order valence-electron chi connectivity index (χ4n) is 5.42. The Morgan fingerprint density at radius 2 is 1.90 bits per heavy atom. The average Bonchev–Trinajstić information content (AvgIpc) is 3.14. The Labute approximate surface area is 241 Å². The number of sulfonamides is 1. The summed E-state index contributed by atoms with van der Waals surface area (Å²) in [5, 5.41) is -0.327. The van der Waals surface area contributed by atoms with Gasteiger partial charge in [0.2, 0.25) is 0 Å². The lowest BCUT2D eigenvalue weighted by Crippen LogP contribution is -2.41. The van der Waals surface area contributed by atoms with Gasteiger partial charge in [0.15, 0.2) is 5.03 Å². The minimum Gasteiger partial charge on any atom is -0.384 e. The molecule has 3 N–H and O–H groups in total. The number of anilines is 3. The predicted molar refractivity (Wildman–Crippen MR) is 165 cm³/mol. The molecule has 1 atom stereocenters. The number of hydrogen-bond donors (Lipinski definition) is 2. The molecule has 0 spiro atoms. The van der Waals surface area contributed by atoms with Crippen LogP contribution in [0.25, 0.3) is 11.3 Å². The summed E-state index contributed by atoms with van der Waals surface area (Å²) in [6.45, 7) is 14.2. The first-order valence-corrected chi connectivity index (χ1v) is 14.9. The molecule has 0 aromatic carbocycles. The molecule has 3 aromatic rings. The second-order valence-electron chi connectivity index (χ2n) is 11.7. The number of aromatic nitrogens is 3. The normalized spacial score (nSPS) is 16.8. The van der Waals surface area contributed by atoms with Gasteiger partial charge in [-0.15, -0.1) is 0 Å². The molecule has 0 aliphatic carbocycles. The van der Waals surface area contributed by atoms with E-state index in [9.17, 15) is 13.2 Å². The van der Waals surface area contributed by atoms with E-state index >= 15 is 0 Å². The third-order valence-corrected chi connectivity index (χ3v) is 8.31. The lowest BCUT2D eigenvalue weighted by Gasteiger charge is -2.34. The molecule has 1 amide bonds. The lowest BCUT2D eigenvalue weighted by molar-refractivity contribution is 0.0981. The van der Waals surface area contributed by atoms with Gasteiger partial charge in [-0.05, 0) is 75.4 Å². The third-order valence-electron chi connectivity index (χ3n) is 7.07. The number of carbonyl (C=O) groups excluding carboxylic acids is 1. The number of nitrogens with one attached hydrogen (secondary N) is 1. The van der Waals surface area contributed by atoms with E-state index in [1.165, 1.54) is 18.2 Å². The van der Waals surface area contributed by atoms with Gasteiger partial charge in [0.1, 0.15) is 17.5 Å². The summed E-state index contributed by atoms with van der Waals surface area (Å²) in [6, 6.07) is 11.6. The van der Waals surface area contributed by atoms with Crippen LogP contribution in [0.2, 0.25) is 0 Å². The summed E-state index contributed by atoms with van der Waals surface area (Å²) >= 11 is 0. The van der Waals surface area contributed by atoms with Crippen molar-refractivity contribution < 1.29 is 17.5 Å². The second kappa shape index (κ2) is 11.0. The SMILES string of the molecule is Cc1nc(N(C)CC(C)C)ccc1-c1ccc(C(=O)NS(=O)(=O)c2cccc(N)n2)c(N2CC(C)CC2(C)C)n1.[HH].[HH].[HH]. The molecular weight excluding hydrogens is 526 g/mol. The van der Waals surface area contributed by atoms with Gasteiger partial charge in [0, 0.05) is 41.2 Å². The molecule has 0 saturated carbocycles. The molecular formula is C29H45N7O3S.